The molecule has 0 N–H and O–H groups in total. The van der Waals surface area contributed by atoms with Gasteiger partial charge in [-0.25, -0.2) is 9.97 Å². The van der Waals surface area contributed by atoms with Gasteiger partial charge in [0.1, 0.15) is 12.4 Å². The first-order valence-corrected chi connectivity index (χ1v) is 8.70. The molecule has 5 nitrogen and oxygen atoms in total. The van der Waals surface area contributed by atoms with Gasteiger partial charge in [-0.1, -0.05) is 0 Å². The lowest BCUT2D eigenvalue weighted by Crippen LogP contribution is -2.49. The number of nitrogens with zero attached hydrogens (tertiary/aromatic N) is 4. The van der Waals surface area contributed by atoms with E-state index in [-0.39, 0.29) is 6.10 Å². The molecule has 2 aliphatic heterocycles. The average molecular weight is 316 g/mol. The molecule has 2 aromatic rings. The zero-order chi connectivity index (χ0) is 14.8. The summed E-state index contributed by atoms with van der Waals surface area (Å²) in [6.45, 7) is 5.52. The van der Waals surface area contributed by atoms with E-state index >= 15 is 0 Å². The van der Waals surface area contributed by atoms with Crippen LogP contribution in [-0.4, -0.2) is 58.1 Å². The van der Waals surface area contributed by atoms with Crippen molar-refractivity contribution in [3.8, 4) is 5.75 Å². The van der Waals surface area contributed by atoms with Gasteiger partial charge in [-0.3, -0.25) is 9.80 Å². The van der Waals surface area contributed by atoms with Gasteiger partial charge < -0.3 is 4.74 Å². The summed E-state index contributed by atoms with van der Waals surface area (Å²) in [5, 5.41) is 4.41. The van der Waals surface area contributed by atoms with Gasteiger partial charge in [0.15, 0.2) is 5.75 Å². The molecule has 0 radical (unpaired) electrons. The maximum Gasteiger partial charge on any atom is 0.156 e. The van der Waals surface area contributed by atoms with Crippen LogP contribution in [0.3, 0.4) is 0 Å². The lowest BCUT2D eigenvalue weighted by molar-refractivity contribution is 0.0979. The molecular weight excluding hydrogens is 296 g/mol. The van der Waals surface area contributed by atoms with Crippen LogP contribution in [0.4, 0.5) is 0 Å². The summed E-state index contributed by atoms with van der Waals surface area (Å²) in [7, 11) is 0. The summed E-state index contributed by atoms with van der Waals surface area (Å²) >= 11 is 1.78. The van der Waals surface area contributed by atoms with Crippen LogP contribution in [0.5, 0.6) is 5.75 Å². The van der Waals surface area contributed by atoms with Crippen LogP contribution in [0.1, 0.15) is 12.0 Å². The molecule has 6 heteroatoms. The Morgan fingerprint density at radius 3 is 2.95 bits per heavy atom. The van der Waals surface area contributed by atoms with Crippen molar-refractivity contribution in [2.24, 2.45) is 0 Å². The number of aromatic nitrogens is 2. The maximum absolute atomic E-state index is 6.02. The van der Waals surface area contributed by atoms with Crippen molar-refractivity contribution in [1.82, 2.24) is 19.8 Å². The monoisotopic (exact) mass is 316 g/mol. The number of ether oxygens (including phenoxy) is 1. The zero-order valence-electron chi connectivity index (χ0n) is 12.5. The second kappa shape index (κ2) is 6.32. The number of thiophene rings is 1. The van der Waals surface area contributed by atoms with Crippen LogP contribution in [0.2, 0.25) is 0 Å². The molecule has 0 saturated carbocycles. The highest BCUT2D eigenvalue weighted by Crippen LogP contribution is 2.26. The highest BCUT2D eigenvalue weighted by atomic mass is 32.1. The molecule has 0 aliphatic carbocycles. The first kappa shape index (κ1) is 14.1. The molecular formula is C16H20N4OS. The van der Waals surface area contributed by atoms with E-state index in [1.807, 2.05) is 0 Å². The van der Waals surface area contributed by atoms with Gasteiger partial charge in [0.05, 0.1) is 12.4 Å². The molecule has 0 bridgehead atoms. The Balaban J connectivity index is 1.33. The molecule has 2 aromatic heterocycles. The number of piperazine rings is 1. The number of fused-ring (bicyclic) bond motifs is 1. The first-order chi connectivity index (χ1) is 10.9. The van der Waals surface area contributed by atoms with Gasteiger partial charge in [0.25, 0.3) is 0 Å². The molecule has 22 heavy (non-hydrogen) atoms. The maximum atomic E-state index is 6.02. The van der Waals surface area contributed by atoms with E-state index in [1.54, 1.807) is 23.7 Å². The minimum atomic E-state index is 0.261. The molecule has 0 amide bonds. The Hall–Kier alpha value is -1.50. The Labute approximate surface area is 134 Å². The summed E-state index contributed by atoms with van der Waals surface area (Å²) in [6, 6.07) is 2.84. The lowest BCUT2D eigenvalue weighted by Gasteiger charge is -2.37. The summed E-state index contributed by atoms with van der Waals surface area (Å²) < 4.78 is 6.02. The number of rotatable bonds is 4. The molecule has 2 saturated heterocycles. The minimum Gasteiger partial charge on any atom is -0.486 e. The largest absolute Gasteiger partial charge is 0.486 e. The standard InChI is InChI=1S/C16H20N4OS/c1-4-22-11-13(1)8-19-2-3-20-10-15(5-14(20)9-19)21-16-6-17-12-18-7-16/h1,4,6-7,11-12,14-15H,2-3,5,8-10H2/t14-,15+/m0/s1. The molecule has 4 heterocycles. The minimum absolute atomic E-state index is 0.261. The smallest absolute Gasteiger partial charge is 0.156 e. The fourth-order valence-electron chi connectivity index (χ4n) is 3.47. The summed E-state index contributed by atoms with van der Waals surface area (Å²) in [4.78, 5) is 13.2. The molecule has 0 spiro atoms. The van der Waals surface area contributed by atoms with Crippen molar-refractivity contribution in [3.05, 3.63) is 41.1 Å². The van der Waals surface area contributed by atoms with Crippen LogP contribution < -0.4 is 4.74 Å². The summed E-state index contributed by atoms with van der Waals surface area (Å²) in [6.07, 6.45) is 6.37. The Morgan fingerprint density at radius 1 is 1.23 bits per heavy atom. The van der Waals surface area contributed by atoms with E-state index < -0.39 is 0 Å². The Kier molecular flexibility index (Phi) is 4.05. The van der Waals surface area contributed by atoms with E-state index in [0.29, 0.717) is 6.04 Å². The topological polar surface area (TPSA) is 41.5 Å². The lowest BCUT2D eigenvalue weighted by atomic mass is 10.1. The molecule has 2 atom stereocenters. The fraction of sp³-hybridized carbons (Fsp3) is 0.500. The van der Waals surface area contributed by atoms with Crippen molar-refractivity contribution >= 4 is 11.3 Å². The van der Waals surface area contributed by atoms with E-state index in [4.69, 9.17) is 4.74 Å². The summed E-state index contributed by atoms with van der Waals surface area (Å²) in [5.41, 5.74) is 1.44. The van der Waals surface area contributed by atoms with Crippen LogP contribution in [0.25, 0.3) is 0 Å². The second-order valence-corrected chi connectivity index (χ2v) is 6.85. The van der Waals surface area contributed by atoms with Gasteiger partial charge in [0.2, 0.25) is 0 Å². The van der Waals surface area contributed by atoms with Crippen molar-refractivity contribution in [3.63, 3.8) is 0 Å². The van der Waals surface area contributed by atoms with Crippen LogP contribution in [-0.2, 0) is 6.54 Å². The van der Waals surface area contributed by atoms with Crippen LogP contribution >= 0.6 is 11.3 Å². The predicted molar refractivity (Wildman–Crippen MR) is 86.0 cm³/mol. The predicted octanol–water partition coefficient (Wildman–Crippen LogP) is 1.88. The van der Waals surface area contributed by atoms with Crippen LogP contribution in [0.15, 0.2) is 35.5 Å². The van der Waals surface area contributed by atoms with E-state index in [9.17, 15) is 0 Å². The van der Waals surface area contributed by atoms with Gasteiger partial charge in [-0.2, -0.15) is 11.3 Å². The van der Waals surface area contributed by atoms with Gasteiger partial charge in [-0.15, -0.1) is 0 Å². The van der Waals surface area contributed by atoms with Crippen molar-refractivity contribution in [2.45, 2.75) is 25.1 Å². The quantitative estimate of drug-likeness (QED) is 0.861. The highest BCUT2D eigenvalue weighted by molar-refractivity contribution is 7.07. The Morgan fingerprint density at radius 2 is 2.14 bits per heavy atom. The second-order valence-electron chi connectivity index (χ2n) is 6.07. The average Bonchev–Trinajstić information content (AvgIpc) is 3.17. The molecule has 0 unspecified atom stereocenters. The van der Waals surface area contributed by atoms with Crippen LogP contribution in [0, 0.1) is 0 Å². The number of hydrogen-bond acceptors (Lipinski definition) is 6. The van der Waals surface area contributed by atoms with Gasteiger partial charge >= 0.3 is 0 Å². The van der Waals surface area contributed by atoms with E-state index in [2.05, 4.69) is 36.6 Å². The number of hydrogen-bond donors (Lipinski definition) is 0. The summed E-state index contributed by atoms with van der Waals surface area (Å²) in [5.74, 6) is 0.780. The highest BCUT2D eigenvalue weighted by Gasteiger charge is 2.37. The zero-order valence-corrected chi connectivity index (χ0v) is 13.3. The third-order valence-corrected chi connectivity index (χ3v) is 5.22. The molecule has 2 aliphatic rings. The van der Waals surface area contributed by atoms with Crippen molar-refractivity contribution in [1.29, 1.82) is 0 Å². The molecule has 4 rings (SSSR count). The first-order valence-electron chi connectivity index (χ1n) is 7.76. The normalized spacial score (nSPS) is 26.0. The third kappa shape index (κ3) is 3.14. The van der Waals surface area contributed by atoms with E-state index in [0.717, 1.165) is 44.9 Å². The Bertz CT molecular complexity index is 591. The molecule has 116 valence electrons. The molecule has 0 aromatic carbocycles. The molecule has 2 fully saturated rings. The van der Waals surface area contributed by atoms with Crippen molar-refractivity contribution in [2.75, 3.05) is 26.2 Å². The van der Waals surface area contributed by atoms with Crippen molar-refractivity contribution < 1.29 is 4.74 Å². The van der Waals surface area contributed by atoms with Gasteiger partial charge in [0, 0.05) is 45.2 Å². The van der Waals surface area contributed by atoms with E-state index in [1.165, 1.54) is 11.9 Å². The van der Waals surface area contributed by atoms with Gasteiger partial charge in [-0.05, 0) is 22.4 Å². The third-order valence-electron chi connectivity index (χ3n) is 4.49. The SMILES string of the molecule is c1ncc(O[C@@H]2C[C@H]3CN(Cc4ccsc4)CCN3C2)cn1. The fourth-order valence-corrected chi connectivity index (χ4v) is 4.13.